The van der Waals surface area contributed by atoms with Crippen molar-refractivity contribution >= 4 is 17.3 Å². The highest BCUT2D eigenvalue weighted by Crippen LogP contribution is 2.31. The van der Waals surface area contributed by atoms with Crippen molar-refractivity contribution in [2.45, 2.75) is 5.03 Å². The molecule has 114 valence electrons. The van der Waals surface area contributed by atoms with E-state index in [-0.39, 0.29) is 0 Å². The molecule has 0 unspecified atom stereocenters. The molecule has 0 fully saturated rings. The second-order valence-corrected chi connectivity index (χ2v) is 6.09. The molecule has 0 radical (unpaired) electrons. The van der Waals surface area contributed by atoms with Crippen molar-refractivity contribution in [1.29, 1.82) is 0 Å². The molecule has 0 aromatic carbocycles. The van der Waals surface area contributed by atoms with Gasteiger partial charge in [-0.3, -0.25) is 4.68 Å². The Balaban J connectivity index is 1.80. The maximum absolute atomic E-state index is 4.81. The van der Waals surface area contributed by atoms with Crippen LogP contribution in [-0.2, 0) is 7.05 Å². The average Bonchev–Trinajstić information content (AvgIpc) is 3.11. The van der Waals surface area contributed by atoms with Crippen molar-refractivity contribution in [3.8, 4) is 11.3 Å². The first kappa shape index (κ1) is 13.8. The molecule has 6 nitrogen and oxygen atoms in total. The van der Waals surface area contributed by atoms with Gasteiger partial charge < -0.3 is 5.32 Å². The number of nitrogens with one attached hydrogen (secondary N) is 1. The summed E-state index contributed by atoms with van der Waals surface area (Å²) in [6.07, 6.45) is 17.3. The summed E-state index contributed by atoms with van der Waals surface area (Å²) in [4.78, 5) is 5.91. The van der Waals surface area contributed by atoms with E-state index in [0.717, 1.165) is 26.7 Å². The number of fused-ring (bicyclic) bond motifs is 1. The zero-order chi connectivity index (χ0) is 15.6. The number of hydrogen-bond donors (Lipinski definition) is 1. The maximum atomic E-state index is 4.81. The Kier molecular flexibility index (Phi) is 3.47. The maximum Gasteiger partial charge on any atom is 0.127 e. The number of thioether (sulfide) groups is 1. The Morgan fingerprint density at radius 3 is 3.00 bits per heavy atom. The molecule has 23 heavy (non-hydrogen) atoms. The highest BCUT2D eigenvalue weighted by atomic mass is 32.2. The molecular weight excluding hydrogens is 308 g/mol. The first-order valence-corrected chi connectivity index (χ1v) is 7.92. The molecule has 7 heteroatoms. The highest BCUT2D eigenvalue weighted by molar-refractivity contribution is 8.03. The summed E-state index contributed by atoms with van der Waals surface area (Å²) in [5.41, 5.74) is 2.81. The second kappa shape index (κ2) is 5.77. The third-order valence-electron chi connectivity index (χ3n) is 3.37. The molecule has 4 rings (SSSR count). The summed E-state index contributed by atoms with van der Waals surface area (Å²) < 4.78 is 3.62. The first-order chi connectivity index (χ1) is 11.3. The van der Waals surface area contributed by atoms with E-state index in [1.54, 1.807) is 22.6 Å². The average molecular weight is 322 g/mol. The van der Waals surface area contributed by atoms with Crippen molar-refractivity contribution in [1.82, 2.24) is 29.7 Å². The molecule has 0 saturated heterocycles. The van der Waals surface area contributed by atoms with Gasteiger partial charge in [-0.1, -0.05) is 11.8 Å². The molecule has 0 saturated carbocycles. The Hall–Kier alpha value is -2.80. The third-order valence-corrected chi connectivity index (χ3v) is 4.37. The lowest BCUT2D eigenvalue weighted by molar-refractivity contribution is 0.768. The van der Waals surface area contributed by atoms with E-state index in [0.29, 0.717) is 0 Å². The van der Waals surface area contributed by atoms with E-state index < -0.39 is 0 Å². The Morgan fingerprint density at radius 2 is 2.13 bits per heavy atom. The predicted octanol–water partition coefficient (Wildman–Crippen LogP) is 2.74. The van der Waals surface area contributed by atoms with Gasteiger partial charge in [0.2, 0.25) is 0 Å². The standard InChI is InChI=1S/C16H14N6S/c1-21-10-12(9-19-21)14-11-22-15(5-8-18-22)16(20-14)23-13-3-2-6-17-7-4-13/h2-11,17H,1H3. The van der Waals surface area contributed by atoms with Crippen LogP contribution in [0.2, 0.25) is 0 Å². The smallest absolute Gasteiger partial charge is 0.127 e. The first-order valence-electron chi connectivity index (χ1n) is 7.10. The summed E-state index contributed by atoms with van der Waals surface area (Å²) in [5, 5.41) is 12.5. The van der Waals surface area contributed by atoms with Crippen LogP contribution in [0.25, 0.3) is 16.8 Å². The van der Waals surface area contributed by atoms with Gasteiger partial charge in [0.25, 0.3) is 0 Å². The van der Waals surface area contributed by atoms with Crippen LogP contribution in [0.5, 0.6) is 0 Å². The molecule has 1 aliphatic rings. The van der Waals surface area contributed by atoms with Crippen molar-refractivity contribution < 1.29 is 0 Å². The molecule has 4 heterocycles. The number of hydrogen-bond acceptors (Lipinski definition) is 5. The van der Waals surface area contributed by atoms with Crippen molar-refractivity contribution in [3.05, 3.63) is 66.4 Å². The minimum absolute atomic E-state index is 0.851. The molecule has 1 aliphatic heterocycles. The number of allylic oxidation sites excluding steroid dienone is 3. The fraction of sp³-hybridized carbons (Fsp3) is 0.0625. The number of aryl methyl sites for hydroxylation is 1. The summed E-state index contributed by atoms with van der Waals surface area (Å²) >= 11 is 1.61. The van der Waals surface area contributed by atoms with Gasteiger partial charge in [0.05, 0.1) is 29.8 Å². The highest BCUT2D eigenvalue weighted by Gasteiger charge is 2.11. The molecule has 3 aromatic rings. The minimum Gasteiger partial charge on any atom is -0.368 e. The van der Waals surface area contributed by atoms with Crippen LogP contribution in [-0.4, -0.2) is 24.4 Å². The van der Waals surface area contributed by atoms with Gasteiger partial charge in [-0.25, -0.2) is 9.50 Å². The predicted molar refractivity (Wildman–Crippen MR) is 90.5 cm³/mol. The molecule has 0 atom stereocenters. The molecule has 0 amide bonds. The van der Waals surface area contributed by atoms with Gasteiger partial charge in [0.1, 0.15) is 5.03 Å². The van der Waals surface area contributed by atoms with Crippen molar-refractivity contribution in [3.63, 3.8) is 0 Å². The topological polar surface area (TPSA) is 60.0 Å². The Morgan fingerprint density at radius 1 is 1.17 bits per heavy atom. The van der Waals surface area contributed by atoms with Crippen LogP contribution >= 0.6 is 11.8 Å². The van der Waals surface area contributed by atoms with Crippen LogP contribution < -0.4 is 5.32 Å². The Labute approximate surface area is 137 Å². The second-order valence-electron chi connectivity index (χ2n) is 5.03. The summed E-state index contributed by atoms with van der Waals surface area (Å²) in [6.45, 7) is 0. The van der Waals surface area contributed by atoms with E-state index >= 15 is 0 Å². The molecular formula is C16H14N6S. The number of nitrogens with zero attached hydrogens (tertiary/aromatic N) is 5. The summed E-state index contributed by atoms with van der Waals surface area (Å²) in [6, 6.07) is 1.97. The monoisotopic (exact) mass is 322 g/mol. The normalized spacial score (nSPS) is 13.9. The van der Waals surface area contributed by atoms with Crippen molar-refractivity contribution in [2.75, 3.05) is 0 Å². The van der Waals surface area contributed by atoms with Crippen LogP contribution in [0, 0.1) is 0 Å². The van der Waals surface area contributed by atoms with E-state index in [1.165, 1.54) is 0 Å². The van der Waals surface area contributed by atoms with Gasteiger partial charge in [-0.2, -0.15) is 10.2 Å². The molecule has 0 aliphatic carbocycles. The molecule has 0 bridgehead atoms. The lowest BCUT2D eigenvalue weighted by Gasteiger charge is -2.06. The summed E-state index contributed by atoms with van der Waals surface area (Å²) in [7, 11) is 1.89. The minimum atomic E-state index is 0.851. The molecule has 0 spiro atoms. The van der Waals surface area contributed by atoms with Gasteiger partial charge >= 0.3 is 0 Å². The zero-order valence-electron chi connectivity index (χ0n) is 12.4. The quantitative estimate of drug-likeness (QED) is 0.803. The van der Waals surface area contributed by atoms with Crippen LogP contribution in [0.1, 0.15) is 0 Å². The van der Waals surface area contributed by atoms with E-state index in [2.05, 4.69) is 15.5 Å². The summed E-state index contributed by atoms with van der Waals surface area (Å²) in [5.74, 6) is 0. The zero-order valence-corrected chi connectivity index (χ0v) is 13.2. The van der Waals surface area contributed by atoms with E-state index in [4.69, 9.17) is 4.98 Å². The van der Waals surface area contributed by atoms with Gasteiger partial charge in [0.15, 0.2) is 0 Å². The van der Waals surface area contributed by atoms with Gasteiger partial charge in [0, 0.05) is 36.1 Å². The van der Waals surface area contributed by atoms with Crippen LogP contribution in [0.15, 0.2) is 71.4 Å². The fourth-order valence-corrected chi connectivity index (χ4v) is 3.20. The van der Waals surface area contributed by atoms with Gasteiger partial charge in [-0.05, 0) is 24.3 Å². The van der Waals surface area contributed by atoms with Gasteiger partial charge in [-0.15, -0.1) is 0 Å². The number of rotatable bonds is 3. The number of aromatic nitrogens is 5. The van der Waals surface area contributed by atoms with E-state index in [1.807, 2.05) is 66.8 Å². The van der Waals surface area contributed by atoms with E-state index in [9.17, 15) is 0 Å². The fourth-order valence-electron chi connectivity index (χ4n) is 2.29. The van der Waals surface area contributed by atoms with Crippen LogP contribution in [0.4, 0.5) is 0 Å². The third kappa shape index (κ3) is 2.78. The van der Waals surface area contributed by atoms with Crippen LogP contribution in [0.3, 0.4) is 0 Å². The SMILES string of the molecule is Cn1cc(-c2cn3nccc3c(SC3=CC=CNC=C3)n2)cn1. The molecule has 3 aromatic heterocycles. The lowest BCUT2D eigenvalue weighted by Crippen LogP contribution is -1.95. The Bertz CT molecular complexity index is 947. The molecule has 1 N–H and O–H groups in total. The van der Waals surface area contributed by atoms with Crippen molar-refractivity contribution in [2.24, 2.45) is 7.05 Å². The largest absolute Gasteiger partial charge is 0.368 e. The lowest BCUT2D eigenvalue weighted by atomic mass is 10.3.